The molecule has 3 atom stereocenters. The third-order valence-corrected chi connectivity index (χ3v) is 4.94. The Balaban J connectivity index is 1.63. The van der Waals surface area contributed by atoms with Crippen LogP contribution in [0.25, 0.3) is 0 Å². The van der Waals surface area contributed by atoms with E-state index in [9.17, 15) is 4.79 Å². The Kier molecular flexibility index (Phi) is 3.95. The van der Waals surface area contributed by atoms with Crippen LogP contribution in [-0.2, 0) is 0 Å². The van der Waals surface area contributed by atoms with E-state index in [-0.39, 0.29) is 5.91 Å². The number of fused-ring (bicyclic) bond motifs is 2. The highest BCUT2D eigenvalue weighted by Crippen LogP contribution is 2.48. The lowest BCUT2D eigenvalue weighted by Crippen LogP contribution is -2.24. The van der Waals surface area contributed by atoms with Gasteiger partial charge in [0.1, 0.15) is 5.75 Å². The van der Waals surface area contributed by atoms with Crippen LogP contribution in [0.1, 0.15) is 43.0 Å². The van der Waals surface area contributed by atoms with Crippen molar-refractivity contribution in [2.75, 3.05) is 7.11 Å². The van der Waals surface area contributed by atoms with Gasteiger partial charge in [0.2, 0.25) is 0 Å². The summed E-state index contributed by atoms with van der Waals surface area (Å²) in [5.74, 6) is 2.73. The number of amides is 1. The largest absolute Gasteiger partial charge is 0.497 e. The molecular weight excluding hydrogens is 264 g/mol. The van der Waals surface area contributed by atoms with Crippen molar-refractivity contribution in [2.24, 2.45) is 22.9 Å². The van der Waals surface area contributed by atoms with Crippen LogP contribution in [0, 0.1) is 17.8 Å². The number of hydrogen-bond acceptors (Lipinski definition) is 3. The van der Waals surface area contributed by atoms with E-state index in [1.807, 2.05) is 13.0 Å². The first-order valence-corrected chi connectivity index (χ1v) is 7.66. The van der Waals surface area contributed by atoms with Gasteiger partial charge < -0.3 is 4.74 Å². The number of carbonyl (C=O) groups is 1. The van der Waals surface area contributed by atoms with Crippen LogP contribution in [0.15, 0.2) is 29.4 Å². The predicted octanol–water partition coefficient (Wildman–Crippen LogP) is 3.24. The van der Waals surface area contributed by atoms with Gasteiger partial charge in [0.05, 0.1) is 7.11 Å². The predicted molar refractivity (Wildman–Crippen MR) is 82.5 cm³/mol. The summed E-state index contributed by atoms with van der Waals surface area (Å²) in [6.45, 7) is 2.04. The molecule has 2 aliphatic carbocycles. The van der Waals surface area contributed by atoms with Crippen molar-refractivity contribution in [1.82, 2.24) is 5.43 Å². The van der Waals surface area contributed by atoms with Crippen molar-refractivity contribution >= 4 is 11.6 Å². The number of carbonyl (C=O) groups excluding carboxylic acids is 1. The van der Waals surface area contributed by atoms with Crippen molar-refractivity contribution in [1.29, 1.82) is 0 Å². The minimum atomic E-state index is -0.184. The molecule has 0 radical (unpaired) electrons. The normalized spacial score (nSPS) is 27.7. The third kappa shape index (κ3) is 2.94. The number of nitrogens with zero attached hydrogens (tertiary/aromatic N) is 1. The van der Waals surface area contributed by atoms with Gasteiger partial charge in [-0.25, -0.2) is 5.43 Å². The fourth-order valence-corrected chi connectivity index (χ4v) is 3.81. The molecule has 2 fully saturated rings. The zero-order valence-corrected chi connectivity index (χ0v) is 12.6. The molecule has 0 saturated heterocycles. The van der Waals surface area contributed by atoms with Crippen LogP contribution >= 0.6 is 0 Å². The smallest absolute Gasteiger partial charge is 0.271 e. The Morgan fingerprint density at radius 1 is 1.33 bits per heavy atom. The average molecular weight is 286 g/mol. The first-order valence-electron chi connectivity index (χ1n) is 7.66. The number of rotatable bonds is 4. The maximum atomic E-state index is 12.1. The molecule has 2 aliphatic rings. The van der Waals surface area contributed by atoms with Crippen LogP contribution in [-0.4, -0.2) is 18.7 Å². The number of benzene rings is 1. The summed E-state index contributed by atoms with van der Waals surface area (Å²) in [5, 5.41) is 4.33. The molecular formula is C17H22N2O2. The van der Waals surface area contributed by atoms with Crippen LogP contribution in [0.4, 0.5) is 0 Å². The first-order chi connectivity index (χ1) is 10.2. The standard InChI is InChI=1S/C17H22N2O2/c1-11(16-9-12-6-7-13(16)8-12)18-19-17(20)14-4-3-5-15(10-14)21-2/h3-5,10,12-13,16H,6-9H2,1-2H3,(H,19,20). The molecule has 1 amide bonds. The molecule has 3 unspecified atom stereocenters. The van der Waals surface area contributed by atoms with E-state index in [1.54, 1.807) is 25.3 Å². The summed E-state index contributed by atoms with van der Waals surface area (Å²) in [6.07, 6.45) is 5.30. The number of methoxy groups -OCH3 is 1. The Hall–Kier alpha value is -1.84. The first kappa shape index (κ1) is 14.1. The summed E-state index contributed by atoms with van der Waals surface area (Å²) in [5.41, 5.74) is 4.32. The summed E-state index contributed by atoms with van der Waals surface area (Å²) in [4.78, 5) is 12.1. The van der Waals surface area contributed by atoms with Gasteiger partial charge >= 0.3 is 0 Å². The van der Waals surface area contributed by atoms with Crippen LogP contribution < -0.4 is 10.2 Å². The van der Waals surface area contributed by atoms with E-state index in [2.05, 4.69) is 10.5 Å². The van der Waals surface area contributed by atoms with Gasteiger partial charge in [-0.15, -0.1) is 0 Å². The second-order valence-corrected chi connectivity index (χ2v) is 6.21. The van der Waals surface area contributed by atoms with E-state index < -0.39 is 0 Å². The summed E-state index contributed by atoms with van der Waals surface area (Å²) >= 11 is 0. The quantitative estimate of drug-likeness (QED) is 0.682. The van der Waals surface area contributed by atoms with Gasteiger partial charge in [-0.2, -0.15) is 5.10 Å². The van der Waals surface area contributed by atoms with E-state index in [0.717, 1.165) is 17.5 Å². The highest BCUT2D eigenvalue weighted by molar-refractivity contribution is 5.95. The monoisotopic (exact) mass is 286 g/mol. The second kappa shape index (κ2) is 5.88. The molecule has 0 heterocycles. The van der Waals surface area contributed by atoms with Gasteiger partial charge in [0.15, 0.2) is 0 Å². The van der Waals surface area contributed by atoms with E-state index in [1.165, 1.54) is 25.7 Å². The molecule has 0 aliphatic heterocycles. The summed E-state index contributed by atoms with van der Waals surface area (Å²) in [6, 6.07) is 7.11. The summed E-state index contributed by atoms with van der Waals surface area (Å²) < 4.78 is 5.13. The fraction of sp³-hybridized carbons (Fsp3) is 0.529. The molecule has 1 aromatic carbocycles. The lowest BCUT2D eigenvalue weighted by atomic mass is 9.86. The molecule has 2 saturated carbocycles. The zero-order chi connectivity index (χ0) is 14.8. The highest BCUT2D eigenvalue weighted by Gasteiger charge is 2.40. The maximum Gasteiger partial charge on any atom is 0.271 e. The molecule has 21 heavy (non-hydrogen) atoms. The number of ether oxygens (including phenoxy) is 1. The number of nitrogens with one attached hydrogen (secondary N) is 1. The number of hydrazone groups is 1. The maximum absolute atomic E-state index is 12.1. The van der Waals surface area contributed by atoms with E-state index >= 15 is 0 Å². The van der Waals surface area contributed by atoms with Gasteiger partial charge in [-0.1, -0.05) is 12.5 Å². The van der Waals surface area contributed by atoms with Gasteiger partial charge in [0, 0.05) is 17.2 Å². The van der Waals surface area contributed by atoms with Crippen LogP contribution in [0.5, 0.6) is 5.75 Å². The molecule has 4 heteroatoms. The third-order valence-electron chi connectivity index (χ3n) is 4.94. The molecule has 4 nitrogen and oxygen atoms in total. The minimum absolute atomic E-state index is 0.184. The topological polar surface area (TPSA) is 50.7 Å². The lowest BCUT2D eigenvalue weighted by Gasteiger charge is -2.21. The molecule has 1 aromatic rings. The van der Waals surface area contributed by atoms with Crippen molar-refractivity contribution in [3.8, 4) is 5.75 Å². The molecule has 2 bridgehead atoms. The molecule has 3 rings (SSSR count). The molecule has 1 N–H and O–H groups in total. The lowest BCUT2D eigenvalue weighted by molar-refractivity contribution is 0.0954. The Bertz CT molecular complexity index is 568. The van der Waals surface area contributed by atoms with Crippen molar-refractivity contribution in [3.63, 3.8) is 0 Å². The van der Waals surface area contributed by atoms with Crippen molar-refractivity contribution in [3.05, 3.63) is 29.8 Å². The Morgan fingerprint density at radius 3 is 2.86 bits per heavy atom. The fourth-order valence-electron chi connectivity index (χ4n) is 3.81. The highest BCUT2D eigenvalue weighted by atomic mass is 16.5. The van der Waals surface area contributed by atoms with Gasteiger partial charge in [-0.3, -0.25) is 4.79 Å². The molecule has 0 aromatic heterocycles. The Morgan fingerprint density at radius 2 is 2.19 bits per heavy atom. The van der Waals surface area contributed by atoms with Crippen molar-refractivity contribution < 1.29 is 9.53 Å². The minimum Gasteiger partial charge on any atom is -0.497 e. The van der Waals surface area contributed by atoms with E-state index in [0.29, 0.717) is 17.2 Å². The zero-order valence-electron chi connectivity index (χ0n) is 12.6. The SMILES string of the molecule is COc1cccc(C(=O)NN=C(C)C2CC3CCC2C3)c1. The van der Waals surface area contributed by atoms with Gasteiger partial charge in [-0.05, 0) is 56.2 Å². The second-order valence-electron chi connectivity index (χ2n) is 6.21. The van der Waals surface area contributed by atoms with Crippen LogP contribution in [0.3, 0.4) is 0 Å². The Labute approximate surface area is 125 Å². The molecule has 112 valence electrons. The van der Waals surface area contributed by atoms with Gasteiger partial charge in [0.25, 0.3) is 5.91 Å². The average Bonchev–Trinajstić information content (AvgIpc) is 3.15. The van der Waals surface area contributed by atoms with Crippen molar-refractivity contribution in [2.45, 2.75) is 32.6 Å². The number of hydrogen-bond donors (Lipinski definition) is 1. The summed E-state index contributed by atoms with van der Waals surface area (Å²) in [7, 11) is 1.59. The van der Waals surface area contributed by atoms with E-state index in [4.69, 9.17) is 4.74 Å². The van der Waals surface area contributed by atoms with Crippen LogP contribution in [0.2, 0.25) is 0 Å². The molecule has 0 spiro atoms.